The minimum absolute atomic E-state index is 0.0841. The lowest BCUT2D eigenvalue weighted by atomic mass is 9.94. The number of rotatable bonds is 4. The summed E-state index contributed by atoms with van der Waals surface area (Å²) in [5.74, 6) is -3.05. The molecule has 0 aromatic carbocycles. The highest BCUT2D eigenvalue weighted by atomic mass is 32.2. The Morgan fingerprint density at radius 3 is 2.48 bits per heavy atom. The SMILES string of the molecule is C[C@@H]1C[C@H](C)OC/C=C\[C@@H]2C[C@@]2(C(=O)NS(=O)(=O)C2(C)CC2)NC(=O)[C@@H]2C[C@@H](O)CN2C(=O)[C@H]1NC(=O)OC(C)(C)C. The average molecular weight is 613 g/mol. The molecule has 0 unspecified atom stereocenters. The van der Waals surface area contributed by atoms with E-state index < -0.39 is 79.7 Å². The van der Waals surface area contributed by atoms with E-state index in [1.165, 1.54) is 4.90 Å². The lowest BCUT2D eigenvalue weighted by Gasteiger charge is -2.33. The molecule has 13 nitrogen and oxygen atoms in total. The van der Waals surface area contributed by atoms with Gasteiger partial charge in [-0.2, -0.15) is 0 Å². The van der Waals surface area contributed by atoms with Crippen LogP contribution in [-0.2, 0) is 33.9 Å². The lowest BCUT2D eigenvalue weighted by Crippen LogP contribution is -2.59. The van der Waals surface area contributed by atoms with Crippen LogP contribution in [-0.4, -0.2) is 95.6 Å². The number of carbonyl (C=O) groups is 4. The van der Waals surface area contributed by atoms with Gasteiger partial charge in [-0.25, -0.2) is 13.2 Å². The Bertz CT molecular complexity index is 1240. The van der Waals surface area contributed by atoms with Crippen molar-refractivity contribution in [3.05, 3.63) is 12.2 Å². The van der Waals surface area contributed by atoms with Crippen LogP contribution in [0.25, 0.3) is 0 Å². The molecule has 4 amide bonds. The van der Waals surface area contributed by atoms with Gasteiger partial charge in [0, 0.05) is 18.9 Å². The number of nitrogens with zero attached hydrogens (tertiary/aromatic N) is 1. The predicted molar refractivity (Wildman–Crippen MR) is 151 cm³/mol. The van der Waals surface area contributed by atoms with Crippen molar-refractivity contribution in [3.8, 4) is 0 Å². The van der Waals surface area contributed by atoms with Gasteiger partial charge in [0.25, 0.3) is 5.91 Å². The van der Waals surface area contributed by atoms with E-state index in [2.05, 4.69) is 15.4 Å². The summed E-state index contributed by atoms with van der Waals surface area (Å²) in [5, 5.41) is 15.9. The molecule has 14 heteroatoms. The van der Waals surface area contributed by atoms with E-state index in [9.17, 15) is 32.7 Å². The molecule has 0 radical (unpaired) electrons. The van der Waals surface area contributed by atoms with Gasteiger partial charge >= 0.3 is 6.09 Å². The smallest absolute Gasteiger partial charge is 0.408 e. The zero-order valence-corrected chi connectivity index (χ0v) is 26.0. The van der Waals surface area contributed by atoms with E-state index >= 15 is 0 Å². The van der Waals surface area contributed by atoms with Crippen LogP contribution in [0.4, 0.5) is 4.79 Å². The predicted octanol–water partition coefficient (Wildman–Crippen LogP) is 0.716. The van der Waals surface area contributed by atoms with Gasteiger partial charge in [-0.15, -0.1) is 0 Å². The Morgan fingerprint density at radius 1 is 1.19 bits per heavy atom. The summed E-state index contributed by atoms with van der Waals surface area (Å²) in [4.78, 5) is 55.0. The Hall–Kier alpha value is -2.71. The maximum absolute atomic E-state index is 13.9. The van der Waals surface area contributed by atoms with E-state index in [4.69, 9.17) is 9.47 Å². The molecule has 2 heterocycles. The molecule has 2 saturated carbocycles. The van der Waals surface area contributed by atoms with Crippen LogP contribution < -0.4 is 15.4 Å². The normalized spacial score (nSPS) is 35.8. The van der Waals surface area contributed by atoms with Gasteiger partial charge in [-0.3, -0.25) is 19.1 Å². The van der Waals surface area contributed by atoms with Crippen LogP contribution in [0.15, 0.2) is 12.2 Å². The fourth-order valence-electron chi connectivity index (χ4n) is 5.60. The van der Waals surface area contributed by atoms with E-state index in [-0.39, 0.29) is 32.1 Å². The molecule has 1 saturated heterocycles. The van der Waals surface area contributed by atoms with Crippen molar-refractivity contribution in [2.24, 2.45) is 11.8 Å². The lowest BCUT2D eigenvalue weighted by molar-refractivity contribution is -0.142. The van der Waals surface area contributed by atoms with Gasteiger partial charge in [0.05, 0.1) is 23.6 Å². The summed E-state index contributed by atoms with van der Waals surface area (Å²) in [6, 6.07) is -2.24. The third-order valence-corrected chi connectivity index (χ3v) is 10.7. The van der Waals surface area contributed by atoms with Gasteiger partial charge in [0.15, 0.2) is 0 Å². The molecule has 4 aliphatic rings. The molecule has 236 valence electrons. The fourth-order valence-corrected chi connectivity index (χ4v) is 6.91. The first-order valence-corrected chi connectivity index (χ1v) is 16.0. The van der Waals surface area contributed by atoms with Crippen molar-refractivity contribution in [1.29, 1.82) is 0 Å². The molecule has 0 spiro atoms. The molecule has 7 atom stereocenters. The Balaban J connectivity index is 1.63. The number of sulfonamides is 1. The number of amides is 4. The highest BCUT2D eigenvalue weighted by molar-refractivity contribution is 7.91. The first kappa shape index (κ1) is 32.2. The zero-order valence-electron chi connectivity index (χ0n) is 25.1. The summed E-state index contributed by atoms with van der Waals surface area (Å²) >= 11 is 0. The monoisotopic (exact) mass is 612 g/mol. The van der Waals surface area contributed by atoms with Crippen molar-refractivity contribution in [2.75, 3.05) is 13.2 Å². The second kappa shape index (κ2) is 11.4. The largest absolute Gasteiger partial charge is 0.444 e. The van der Waals surface area contributed by atoms with Crippen LogP contribution in [0.5, 0.6) is 0 Å². The van der Waals surface area contributed by atoms with Crippen molar-refractivity contribution in [1.82, 2.24) is 20.3 Å². The number of ether oxygens (including phenoxy) is 2. The summed E-state index contributed by atoms with van der Waals surface area (Å²) in [6.45, 7) is 10.3. The van der Waals surface area contributed by atoms with Gasteiger partial charge in [-0.05, 0) is 66.2 Å². The molecular weight excluding hydrogens is 568 g/mol. The quantitative estimate of drug-likeness (QED) is 0.333. The van der Waals surface area contributed by atoms with Crippen LogP contribution in [0.3, 0.4) is 0 Å². The van der Waals surface area contributed by atoms with Gasteiger partial charge < -0.3 is 30.1 Å². The molecule has 4 rings (SSSR count). The molecule has 0 aromatic heterocycles. The number of nitrogens with one attached hydrogen (secondary N) is 3. The minimum Gasteiger partial charge on any atom is -0.444 e. The standard InChI is InChI=1S/C28H44N4O9S/c1-16-12-17(2)40-11-7-8-18-14-28(18,24(36)31-42(38,39)27(6)9-10-27)30-22(34)20-13-19(33)15-32(20)23(35)21(16)29-25(37)41-26(3,4)5/h7-8,16-21,33H,9-15H2,1-6H3,(H,29,37)(H,30,34)(H,31,36)/b8-7-/t16-,17+,18-,19-,20+,21+,28-/m1/s1. The zero-order chi connectivity index (χ0) is 31.3. The molecule has 2 aliphatic carbocycles. The van der Waals surface area contributed by atoms with Crippen molar-refractivity contribution in [2.45, 2.75) is 114 Å². The number of aliphatic hydroxyl groups is 1. The van der Waals surface area contributed by atoms with Gasteiger partial charge in [-0.1, -0.05) is 19.1 Å². The van der Waals surface area contributed by atoms with Crippen LogP contribution in [0.2, 0.25) is 0 Å². The Kier molecular flexibility index (Phi) is 8.76. The number of hydrogen-bond donors (Lipinski definition) is 4. The molecule has 3 fully saturated rings. The maximum Gasteiger partial charge on any atom is 0.408 e. The van der Waals surface area contributed by atoms with Crippen molar-refractivity contribution < 1.29 is 42.2 Å². The van der Waals surface area contributed by atoms with Crippen LogP contribution in [0.1, 0.15) is 73.6 Å². The number of carbonyl (C=O) groups excluding carboxylic acids is 4. The van der Waals surface area contributed by atoms with Crippen molar-refractivity contribution in [3.63, 3.8) is 0 Å². The highest BCUT2D eigenvalue weighted by Crippen LogP contribution is 2.47. The summed E-state index contributed by atoms with van der Waals surface area (Å²) < 4.78 is 38.1. The molecule has 2 aliphatic heterocycles. The topological polar surface area (TPSA) is 180 Å². The number of alkyl carbamates (subject to hydrolysis) is 1. The van der Waals surface area contributed by atoms with Crippen LogP contribution in [0, 0.1) is 11.8 Å². The molecule has 0 aromatic rings. The van der Waals surface area contributed by atoms with E-state index in [1.807, 2.05) is 6.92 Å². The van der Waals surface area contributed by atoms with Gasteiger partial charge in [0.2, 0.25) is 21.8 Å². The second-order valence-corrected chi connectivity index (χ2v) is 15.7. The molecule has 42 heavy (non-hydrogen) atoms. The minimum atomic E-state index is -3.97. The highest BCUT2D eigenvalue weighted by Gasteiger charge is 2.63. The first-order valence-electron chi connectivity index (χ1n) is 14.5. The number of hydrogen-bond acceptors (Lipinski definition) is 9. The summed E-state index contributed by atoms with van der Waals surface area (Å²) in [6.07, 6.45) is 2.63. The Labute approximate surface area is 247 Å². The first-order chi connectivity index (χ1) is 19.4. The van der Waals surface area contributed by atoms with E-state index in [0.29, 0.717) is 19.3 Å². The second-order valence-electron chi connectivity index (χ2n) is 13.5. The number of aliphatic hydroxyl groups excluding tert-OH is 1. The third-order valence-electron chi connectivity index (χ3n) is 8.52. The van der Waals surface area contributed by atoms with E-state index in [1.54, 1.807) is 46.8 Å². The maximum atomic E-state index is 13.9. The summed E-state index contributed by atoms with van der Waals surface area (Å²) in [7, 11) is -3.97. The third kappa shape index (κ3) is 6.91. The fraction of sp³-hybridized carbons (Fsp3) is 0.786. The molecule has 0 bridgehead atoms. The number of fused-ring (bicyclic) bond motifs is 2. The van der Waals surface area contributed by atoms with Crippen molar-refractivity contribution >= 4 is 33.8 Å². The van der Waals surface area contributed by atoms with Gasteiger partial charge in [0.1, 0.15) is 23.2 Å². The van der Waals surface area contributed by atoms with E-state index in [0.717, 1.165) is 0 Å². The molecule has 4 N–H and O–H groups in total. The average Bonchev–Trinajstić information content (AvgIpc) is 3.74. The molecular formula is C28H44N4O9S. The summed E-state index contributed by atoms with van der Waals surface area (Å²) in [5.41, 5.74) is -2.35. The Morgan fingerprint density at radius 2 is 1.86 bits per heavy atom. The van der Waals surface area contributed by atoms with Crippen LogP contribution >= 0.6 is 0 Å².